The van der Waals surface area contributed by atoms with Crippen LogP contribution >= 0.6 is 0 Å². The van der Waals surface area contributed by atoms with E-state index in [1.165, 1.54) is 6.42 Å². The topological polar surface area (TPSA) is 58.2 Å². The summed E-state index contributed by atoms with van der Waals surface area (Å²) in [6.45, 7) is 2.13. The second-order valence-electron chi connectivity index (χ2n) is 8.01. The van der Waals surface area contributed by atoms with Gasteiger partial charge in [-0.25, -0.2) is 4.99 Å². The molecule has 4 heterocycles. The smallest absolute Gasteiger partial charge is 0.148 e. The minimum absolute atomic E-state index is 0.0671. The Kier molecular flexibility index (Phi) is 3.88. The molecule has 0 saturated carbocycles. The minimum Gasteiger partial charge on any atom is -0.305 e. The van der Waals surface area contributed by atoms with Gasteiger partial charge in [0.25, 0.3) is 0 Å². The van der Waals surface area contributed by atoms with Crippen molar-refractivity contribution in [1.29, 1.82) is 5.26 Å². The van der Waals surface area contributed by atoms with Gasteiger partial charge in [0.05, 0.1) is 23.6 Å². The van der Waals surface area contributed by atoms with E-state index in [-0.39, 0.29) is 24.0 Å². The number of allylic oxidation sites excluding steroid dienone is 2. The van der Waals surface area contributed by atoms with Crippen LogP contribution in [-0.4, -0.2) is 77.7 Å². The molecule has 5 aliphatic rings. The first kappa shape index (κ1) is 16.7. The van der Waals surface area contributed by atoms with Crippen LogP contribution in [0.4, 0.5) is 0 Å². The van der Waals surface area contributed by atoms with Gasteiger partial charge in [0, 0.05) is 31.4 Å². The van der Waals surface area contributed by atoms with Crippen LogP contribution in [0, 0.1) is 17.2 Å². The molecule has 1 fully saturated rings. The van der Waals surface area contributed by atoms with E-state index in [2.05, 4.69) is 65.2 Å². The fourth-order valence-electron chi connectivity index (χ4n) is 4.86. The molecule has 0 spiro atoms. The third-order valence-corrected chi connectivity index (χ3v) is 6.33. The fraction of sp³-hybridized carbons (Fsp3) is 0.476. The first-order chi connectivity index (χ1) is 13.2. The first-order valence-electron chi connectivity index (χ1n) is 9.66. The highest BCUT2D eigenvalue weighted by Gasteiger charge is 2.46. The lowest BCUT2D eigenvalue weighted by Crippen LogP contribution is -2.54. The van der Waals surface area contributed by atoms with Gasteiger partial charge in [-0.15, -0.1) is 0 Å². The van der Waals surface area contributed by atoms with E-state index in [9.17, 15) is 5.26 Å². The lowest BCUT2D eigenvalue weighted by molar-refractivity contribution is 0.224. The van der Waals surface area contributed by atoms with Crippen molar-refractivity contribution < 1.29 is 0 Å². The molecule has 4 aliphatic heterocycles. The standard InChI is InChI=1S/C21H24N6/c1-25(2)15-8-10-26(13-15)18-7-9-23-21-16(18)11-14(12-22)20-24-17-5-3-4-6-19(17)27(20)21/h3-7,9,11,15-19H,8,10,13H2,1-2H3/t15-,16?,17?,18?,19?/m1/s1. The van der Waals surface area contributed by atoms with Crippen LogP contribution in [0.2, 0.25) is 0 Å². The SMILES string of the molecule is CN(C)[C@@H]1CCN(C2C=CN=C3C2C=C(C#N)C2=NC4C=CC=CC4N23)C1. The van der Waals surface area contributed by atoms with Crippen LogP contribution in [0.15, 0.2) is 58.2 Å². The normalized spacial score (nSPS) is 36.7. The molecule has 1 aliphatic carbocycles. The molecule has 5 atom stereocenters. The van der Waals surface area contributed by atoms with Crippen molar-refractivity contribution in [1.82, 2.24) is 14.7 Å². The Balaban J connectivity index is 1.50. The summed E-state index contributed by atoms with van der Waals surface area (Å²) < 4.78 is 0. The maximum atomic E-state index is 9.79. The van der Waals surface area contributed by atoms with Gasteiger partial charge in [-0.1, -0.05) is 30.4 Å². The molecule has 0 bridgehead atoms. The van der Waals surface area contributed by atoms with E-state index in [4.69, 9.17) is 9.98 Å². The molecule has 0 N–H and O–H groups in total. The van der Waals surface area contributed by atoms with Crippen molar-refractivity contribution in [2.45, 2.75) is 30.6 Å². The van der Waals surface area contributed by atoms with Gasteiger partial charge < -0.3 is 9.80 Å². The highest BCUT2D eigenvalue weighted by Crippen LogP contribution is 2.36. The van der Waals surface area contributed by atoms with Crippen LogP contribution < -0.4 is 0 Å². The Morgan fingerprint density at radius 2 is 2.04 bits per heavy atom. The Morgan fingerprint density at radius 1 is 1.19 bits per heavy atom. The number of likely N-dealkylation sites (N-methyl/N-ethyl adjacent to an activating group) is 1. The molecular weight excluding hydrogens is 336 g/mol. The number of hydrogen-bond acceptors (Lipinski definition) is 6. The van der Waals surface area contributed by atoms with Gasteiger partial charge in [-0.3, -0.25) is 9.89 Å². The first-order valence-corrected chi connectivity index (χ1v) is 9.66. The van der Waals surface area contributed by atoms with Gasteiger partial charge in [-0.2, -0.15) is 5.26 Å². The largest absolute Gasteiger partial charge is 0.305 e. The summed E-state index contributed by atoms with van der Waals surface area (Å²) in [7, 11) is 4.31. The molecule has 6 heteroatoms. The van der Waals surface area contributed by atoms with Crippen LogP contribution in [0.1, 0.15) is 6.42 Å². The zero-order chi connectivity index (χ0) is 18.5. The number of nitrogens with zero attached hydrogens (tertiary/aromatic N) is 6. The summed E-state index contributed by atoms with van der Waals surface area (Å²) in [6, 6.07) is 3.42. The molecule has 27 heavy (non-hydrogen) atoms. The quantitative estimate of drug-likeness (QED) is 0.750. The summed E-state index contributed by atoms with van der Waals surface area (Å²) in [5, 5.41) is 9.79. The summed E-state index contributed by atoms with van der Waals surface area (Å²) in [4.78, 5) is 16.6. The lowest BCUT2D eigenvalue weighted by atomic mass is 9.87. The number of rotatable bonds is 2. The number of nitriles is 1. The molecule has 138 valence electrons. The van der Waals surface area contributed by atoms with Crippen LogP contribution in [0.5, 0.6) is 0 Å². The van der Waals surface area contributed by atoms with Crippen molar-refractivity contribution in [3.63, 3.8) is 0 Å². The van der Waals surface area contributed by atoms with E-state index in [0.29, 0.717) is 11.6 Å². The number of likely N-dealkylation sites (tertiary alicyclic amines) is 1. The lowest BCUT2D eigenvalue weighted by Gasteiger charge is -2.41. The zero-order valence-electron chi connectivity index (χ0n) is 15.7. The molecule has 0 amide bonds. The average Bonchev–Trinajstić information content (AvgIpc) is 3.32. The average molecular weight is 360 g/mol. The third-order valence-electron chi connectivity index (χ3n) is 6.33. The van der Waals surface area contributed by atoms with Crippen molar-refractivity contribution >= 4 is 11.7 Å². The van der Waals surface area contributed by atoms with Gasteiger partial charge in [0.1, 0.15) is 17.7 Å². The Hall–Kier alpha value is -2.49. The van der Waals surface area contributed by atoms with Crippen LogP contribution in [0.25, 0.3) is 0 Å². The molecule has 1 saturated heterocycles. The zero-order valence-corrected chi connectivity index (χ0v) is 15.7. The van der Waals surface area contributed by atoms with Gasteiger partial charge in [0.2, 0.25) is 0 Å². The fourth-order valence-corrected chi connectivity index (χ4v) is 4.86. The van der Waals surface area contributed by atoms with Crippen LogP contribution in [0.3, 0.4) is 0 Å². The number of amidine groups is 2. The Labute approximate surface area is 160 Å². The van der Waals surface area contributed by atoms with E-state index in [1.807, 2.05) is 12.3 Å². The second-order valence-corrected chi connectivity index (χ2v) is 8.01. The highest BCUT2D eigenvalue weighted by molar-refractivity contribution is 6.17. The predicted octanol–water partition coefficient (Wildman–Crippen LogP) is 1.57. The maximum absolute atomic E-state index is 9.79. The van der Waals surface area contributed by atoms with Gasteiger partial charge >= 0.3 is 0 Å². The third kappa shape index (κ3) is 2.53. The molecule has 6 nitrogen and oxygen atoms in total. The minimum atomic E-state index is 0.0671. The maximum Gasteiger partial charge on any atom is 0.148 e. The van der Waals surface area contributed by atoms with E-state index in [0.717, 1.165) is 24.8 Å². The summed E-state index contributed by atoms with van der Waals surface area (Å²) in [6.07, 6.45) is 15.8. The molecule has 0 radical (unpaired) electrons. The molecule has 4 unspecified atom stereocenters. The van der Waals surface area contributed by atoms with Gasteiger partial charge in [-0.05, 0) is 26.6 Å². The molecule has 5 rings (SSSR count). The van der Waals surface area contributed by atoms with E-state index in [1.54, 1.807) is 0 Å². The summed E-state index contributed by atoms with van der Waals surface area (Å²) in [5.41, 5.74) is 0.679. The number of hydrogen-bond donors (Lipinski definition) is 0. The monoisotopic (exact) mass is 360 g/mol. The van der Waals surface area contributed by atoms with Crippen molar-refractivity contribution in [3.05, 3.63) is 48.2 Å². The summed E-state index contributed by atoms with van der Waals surface area (Å²) in [5.74, 6) is 1.91. The van der Waals surface area contributed by atoms with Crippen molar-refractivity contribution in [2.24, 2.45) is 15.9 Å². The molecular formula is C21H24N6. The van der Waals surface area contributed by atoms with Gasteiger partial charge in [0.15, 0.2) is 0 Å². The highest BCUT2D eigenvalue weighted by atomic mass is 15.3. The Morgan fingerprint density at radius 3 is 2.81 bits per heavy atom. The second kappa shape index (κ2) is 6.29. The van der Waals surface area contributed by atoms with E-state index < -0.39 is 0 Å². The van der Waals surface area contributed by atoms with E-state index >= 15 is 0 Å². The van der Waals surface area contributed by atoms with Crippen molar-refractivity contribution in [2.75, 3.05) is 27.2 Å². The number of fused-ring (bicyclic) bond motifs is 5. The number of aliphatic imine (C=N–C) groups is 2. The predicted molar refractivity (Wildman–Crippen MR) is 106 cm³/mol. The summed E-state index contributed by atoms with van der Waals surface area (Å²) >= 11 is 0. The molecule has 0 aromatic carbocycles. The molecule has 0 aromatic rings. The van der Waals surface area contributed by atoms with Crippen LogP contribution in [-0.2, 0) is 0 Å². The Bertz CT molecular complexity index is 868. The molecule has 0 aromatic heterocycles. The van der Waals surface area contributed by atoms with Crippen molar-refractivity contribution in [3.8, 4) is 6.07 Å².